The van der Waals surface area contributed by atoms with Crippen LogP contribution in [-0.4, -0.2) is 29.7 Å². The summed E-state index contributed by atoms with van der Waals surface area (Å²) < 4.78 is 39.0. The van der Waals surface area contributed by atoms with E-state index in [0.717, 1.165) is 38.4 Å². The largest absolute Gasteiger partial charge is 0.416 e. The van der Waals surface area contributed by atoms with Gasteiger partial charge in [0.1, 0.15) is 0 Å². The number of aliphatic hydroxyl groups excluding tert-OH is 1. The number of aliphatic hydroxyl groups is 1. The Labute approximate surface area is 110 Å². The Bertz CT molecular complexity index is 413. The summed E-state index contributed by atoms with van der Waals surface area (Å²) in [6.45, 7) is 1.21. The highest BCUT2D eigenvalue weighted by molar-refractivity contribution is 5.32. The average molecular weight is 273 g/mol. The molecule has 106 valence electrons. The van der Waals surface area contributed by atoms with Gasteiger partial charge in [-0.05, 0) is 37.6 Å². The molecule has 1 atom stereocenters. The van der Waals surface area contributed by atoms with Gasteiger partial charge in [-0.3, -0.25) is 4.90 Å². The Morgan fingerprint density at radius 2 is 1.74 bits per heavy atom. The molecule has 1 heterocycles. The first-order valence-electron chi connectivity index (χ1n) is 6.55. The van der Waals surface area contributed by atoms with Crippen molar-refractivity contribution in [2.45, 2.75) is 31.5 Å². The molecule has 1 fully saturated rings. The number of rotatable bonds is 3. The lowest BCUT2D eigenvalue weighted by Crippen LogP contribution is -2.36. The third-order valence-electron chi connectivity index (χ3n) is 3.63. The highest BCUT2D eigenvalue weighted by Gasteiger charge is 2.36. The van der Waals surface area contributed by atoms with Crippen molar-refractivity contribution in [1.29, 1.82) is 0 Å². The third-order valence-corrected chi connectivity index (χ3v) is 3.63. The number of halogens is 3. The van der Waals surface area contributed by atoms with Gasteiger partial charge in [0, 0.05) is 0 Å². The molecule has 2 nitrogen and oxygen atoms in total. The monoisotopic (exact) mass is 273 g/mol. The molecular weight excluding hydrogens is 255 g/mol. The molecular formula is C14H18F3NO. The normalized spacial score (nSPS) is 19.4. The van der Waals surface area contributed by atoms with Crippen molar-refractivity contribution < 1.29 is 18.3 Å². The van der Waals surface area contributed by atoms with Gasteiger partial charge in [0.2, 0.25) is 0 Å². The molecule has 1 N–H and O–H groups in total. The van der Waals surface area contributed by atoms with Gasteiger partial charge in [-0.25, -0.2) is 0 Å². The van der Waals surface area contributed by atoms with Crippen LogP contribution in [0, 0.1) is 0 Å². The van der Waals surface area contributed by atoms with Crippen molar-refractivity contribution in [3.63, 3.8) is 0 Å². The maximum absolute atomic E-state index is 13.0. The third kappa shape index (κ3) is 3.28. The summed E-state index contributed by atoms with van der Waals surface area (Å²) in [6.07, 6.45) is -1.31. The Balaban J connectivity index is 2.32. The van der Waals surface area contributed by atoms with Gasteiger partial charge in [0.25, 0.3) is 0 Å². The van der Waals surface area contributed by atoms with Crippen LogP contribution in [0.1, 0.15) is 36.4 Å². The smallest absolute Gasteiger partial charge is 0.394 e. The number of nitrogens with zero attached hydrogens (tertiary/aromatic N) is 1. The fraction of sp³-hybridized carbons (Fsp3) is 0.571. The molecule has 0 saturated carbocycles. The zero-order valence-corrected chi connectivity index (χ0v) is 10.7. The predicted octanol–water partition coefficient (Wildman–Crippen LogP) is 3.22. The lowest BCUT2D eigenvalue weighted by molar-refractivity contribution is -0.139. The van der Waals surface area contributed by atoms with Gasteiger partial charge in [0.05, 0.1) is 18.2 Å². The lowest BCUT2D eigenvalue weighted by atomic mass is 9.97. The average Bonchev–Trinajstić information content (AvgIpc) is 2.40. The van der Waals surface area contributed by atoms with Crippen molar-refractivity contribution >= 4 is 0 Å². The first-order valence-corrected chi connectivity index (χ1v) is 6.55. The zero-order valence-electron chi connectivity index (χ0n) is 10.7. The predicted molar refractivity (Wildman–Crippen MR) is 66.7 cm³/mol. The number of hydrogen-bond acceptors (Lipinski definition) is 2. The molecule has 2 rings (SSSR count). The van der Waals surface area contributed by atoms with E-state index in [1.807, 2.05) is 4.90 Å². The summed E-state index contributed by atoms with van der Waals surface area (Å²) in [5, 5.41) is 9.51. The molecule has 0 spiro atoms. The minimum atomic E-state index is -4.38. The van der Waals surface area contributed by atoms with Crippen molar-refractivity contribution in [2.75, 3.05) is 19.7 Å². The van der Waals surface area contributed by atoms with Crippen molar-refractivity contribution in [3.05, 3.63) is 35.4 Å². The van der Waals surface area contributed by atoms with Gasteiger partial charge in [-0.2, -0.15) is 13.2 Å². The molecule has 1 aliphatic rings. The summed E-state index contributed by atoms with van der Waals surface area (Å²) in [5.41, 5.74) is -0.459. The highest BCUT2D eigenvalue weighted by atomic mass is 19.4. The number of hydrogen-bond donors (Lipinski definition) is 1. The maximum atomic E-state index is 13.0. The molecule has 0 aromatic heterocycles. The van der Waals surface area contributed by atoms with Gasteiger partial charge in [-0.15, -0.1) is 0 Å². The molecule has 0 amide bonds. The van der Waals surface area contributed by atoms with E-state index in [-0.39, 0.29) is 12.2 Å². The minimum absolute atomic E-state index is 0.180. The van der Waals surface area contributed by atoms with Crippen molar-refractivity contribution in [3.8, 4) is 0 Å². The van der Waals surface area contributed by atoms with Crippen molar-refractivity contribution in [1.82, 2.24) is 4.90 Å². The molecule has 1 aromatic rings. The number of likely N-dealkylation sites (tertiary alicyclic amines) is 1. The summed E-state index contributed by atoms with van der Waals surface area (Å²) in [6, 6.07) is 4.98. The van der Waals surface area contributed by atoms with E-state index in [2.05, 4.69) is 0 Å². The van der Waals surface area contributed by atoms with Gasteiger partial charge in [0.15, 0.2) is 0 Å². The van der Waals surface area contributed by atoms with Crippen LogP contribution in [0.4, 0.5) is 13.2 Å². The highest BCUT2D eigenvalue weighted by Crippen LogP contribution is 2.36. The van der Waals surface area contributed by atoms with Crippen LogP contribution in [-0.2, 0) is 6.18 Å². The number of alkyl halides is 3. The van der Waals surface area contributed by atoms with E-state index >= 15 is 0 Å². The van der Waals surface area contributed by atoms with E-state index in [0.29, 0.717) is 0 Å². The second kappa shape index (κ2) is 5.92. The Morgan fingerprint density at radius 3 is 2.32 bits per heavy atom. The first-order chi connectivity index (χ1) is 9.04. The maximum Gasteiger partial charge on any atom is 0.416 e. The van der Waals surface area contributed by atoms with Crippen LogP contribution in [0.5, 0.6) is 0 Å². The van der Waals surface area contributed by atoms with Crippen LogP contribution < -0.4 is 0 Å². The van der Waals surface area contributed by atoms with E-state index in [1.165, 1.54) is 12.1 Å². The van der Waals surface area contributed by atoms with E-state index in [1.54, 1.807) is 6.07 Å². The van der Waals surface area contributed by atoms with Crippen LogP contribution in [0.25, 0.3) is 0 Å². The van der Waals surface area contributed by atoms with Crippen LogP contribution in [0.2, 0.25) is 0 Å². The molecule has 0 radical (unpaired) electrons. The van der Waals surface area contributed by atoms with Gasteiger partial charge >= 0.3 is 6.18 Å². The summed E-state index contributed by atoms with van der Waals surface area (Å²) in [7, 11) is 0. The molecule has 1 aliphatic heterocycles. The standard InChI is InChI=1S/C14H18F3NO/c15-14(16,17)12-7-3-2-6-11(12)13(10-19)18-8-4-1-5-9-18/h2-3,6-7,13,19H,1,4-5,8-10H2. The zero-order chi connectivity index (χ0) is 13.9. The van der Waals surface area contributed by atoms with E-state index < -0.39 is 17.8 Å². The van der Waals surface area contributed by atoms with E-state index in [4.69, 9.17) is 0 Å². The Hall–Kier alpha value is -1.07. The van der Waals surface area contributed by atoms with Gasteiger partial charge < -0.3 is 5.11 Å². The van der Waals surface area contributed by atoms with E-state index in [9.17, 15) is 18.3 Å². The first kappa shape index (κ1) is 14.3. The summed E-state index contributed by atoms with van der Waals surface area (Å²) >= 11 is 0. The lowest BCUT2D eigenvalue weighted by Gasteiger charge is -2.34. The quantitative estimate of drug-likeness (QED) is 0.914. The van der Waals surface area contributed by atoms with Crippen LogP contribution in [0.3, 0.4) is 0 Å². The molecule has 0 aliphatic carbocycles. The van der Waals surface area contributed by atoms with Crippen LogP contribution in [0.15, 0.2) is 24.3 Å². The Kier molecular flexibility index (Phi) is 4.47. The van der Waals surface area contributed by atoms with Crippen LogP contribution >= 0.6 is 0 Å². The number of benzene rings is 1. The molecule has 1 unspecified atom stereocenters. The fourth-order valence-electron chi connectivity index (χ4n) is 2.69. The minimum Gasteiger partial charge on any atom is -0.394 e. The van der Waals surface area contributed by atoms with Crippen molar-refractivity contribution in [2.24, 2.45) is 0 Å². The topological polar surface area (TPSA) is 23.5 Å². The molecule has 1 aromatic carbocycles. The summed E-state index contributed by atoms with van der Waals surface area (Å²) in [4.78, 5) is 1.95. The molecule has 0 bridgehead atoms. The number of piperidine rings is 1. The van der Waals surface area contributed by atoms with Gasteiger partial charge in [-0.1, -0.05) is 24.6 Å². The Morgan fingerprint density at radius 1 is 1.11 bits per heavy atom. The molecule has 1 saturated heterocycles. The second-order valence-electron chi connectivity index (χ2n) is 4.88. The molecule has 19 heavy (non-hydrogen) atoms. The fourth-order valence-corrected chi connectivity index (χ4v) is 2.69. The SMILES string of the molecule is OCC(c1ccccc1C(F)(F)F)N1CCCCC1. The summed E-state index contributed by atoms with van der Waals surface area (Å²) in [5.74, 6) is 0. The molecule has 5 heteroatoms. The second-order valence-corrected chi connectivity index (χ2v) is 4.88.